The molecule has 2 N–H and O–H groups in total. The second-order valence-electron chi connectivity index (χ2n) is 8.48. The fraction of sp³-hybridized carbons (Fsp3) is 0.250. The van der Waals surface area contributed by atoms with Crippen LogP contribution in [-0.4, -0.2) is 19.1 Å². The maximum atomic E-state index is 14.6. The second kappa shape index (κ2) is 9.40. The molecule has 33 heavy (non-hydrogen) atoms. The lowest BCUT2D eigenvalue weighted by atomic mass is 9.83. The number of halogens is 3. The first-order valence-electron chi connectivity index (χ1n) is 10.3. The SMILES string of the molecule is CC(C)(C[C@H](Cc1nc(Br)ccc1F)c1ccccc1-c1noc2cc(F)ccc12)S(N)=O. The summed E-state index contributed by atoms with van der Waals surface area (Å²) in [7, 11) is -1.61. The van der Waals surface area contributed by atoms with E-state index in [1.807, 2.05) is 38.1 Å². The van der Waals surface area contributed by atoms with Gasteiger partial charge in [-0.3, -0.25) is 5.14 Å². The number of nitrogens with zero attached hydrogens (tertiary/aromatic N) is 2. The fourth-order valence-electron chi connectivity index (χ4n) is 3.98. The topological polar surface area (TPSA) is 82.0 Å². The number of rotatable bonds is 7. The van der Waals surface area contributed by atoms with Crippen LogP contribution < -0.4 is 5.14 Å². The van der Waals surface area contributed by atoms with Crippen molar-refractivity contribution in [3.8, 4) is 11.3 Å². The third-order valence-electron chi connectivity index (χ3n) is 5.70. The Morgan fingerprint density at radius 1 is 1.15 bits per heavy atom. The van der Waals surface area contributed by atoms with Crippen LogP contribution in [0.1, 0.15) is 37.4 Å². The highest BCUT2D eigenvalue weighted by molar-refractivity contribution is 9.10. The van der Waals surface area contributed by atoms with Gasteiger partial charge in [-0.05, 0) is 78.4 Å². The molecule has 9 heteroatoms. The minimum absolute atomic E-state index is 0.257. The van der Waals surface area contributed by atoms with E-state index in [-0.39, 0.29) is 18.0 Å². The van der Waals surface area contributed by atoms with Crippen molar-refractivity contribution in [1.29, 1.82) is 0 Å². The summed E-state index contributed by atoms with van der Waals surface area (Å²) in [5.41, 5.74) is 2.80. The molecule has 0 spiro atoms. The first-order valence-corrected chi connectivity index (χ1v) is 12.3. The maximum Gasteiger partial charge on any atom is 0.170 e. The summed E-state index contributed by atoms with van der Waals surface area (Å²) in [4.78, 5) is 4.32. The van der Waals surface area contributed by atoms with Crippen molar-refractivity contribution in [1.82, 2.24) is 10.1 Å². The zero-order valence-electron chi connectivity index (χ0n) is 18.0. The van der Waals surface area contributed by atoms with E-state index in [2.05, 4.69) is 26.1 Å². The van der Waals surface area contributed by atoms with E-state index in [9.17, 15) is 13.0 Å². The number of pyridine rings is 1. The molecule has 2 aromatic carbocycles. The number of hydrogen-bond donors (Lipinski definition) is 1. The van der Waals surface area contributed by atoms with Gasteiger partial charge >= 0.3 is 0 Å². The summed E-state index contributed by atoms with van der Waals surface area (Å²) in [5, 5.41) is 10.6. The summed E-state index contributed by atoms with van der Waals surface area (Å²) in [6.07, 6.45) is 0.665. The molecule has 5 nitrogen and oxygen atoms in total. The Kier molecular flexibility index (Phi) is 6.74. The predicted molar refractivity (Wildman–Crippen MR) is 129 cm³/mol. The molecule has 0 radical (unpaired) electrons. The Morgan fingerprint density at radius 2 is 1.91 bits per heavy atom. The molecule has 0 aliphatic carbocycles. The van der Waals surface area contributed by atoms with Gasteiger partial charge in [-0.2, -0.15) is 0 Å². The zero-order valence-corrected chi connectivity index (χ0v) is 20.4. The number of nitrogens with two attached hydrogens (primary N) is 1. The number of fused-ring (bicyclic) bond motifs is 1. The Hall–Kier alpha value is -2.49. The van der Waals surface area contributed by atoms with Crippen LogP contribution >= 0.6 is 15.9 Å². The maximum absolute atomic E-state index is 14.6. The van der Waals surface area contributed by atoms with Gasteiger partial charge in [-0.1, -0.05) is 29.4 Å². The number of aromatic nitrogens is 2. The normalized spacial score (nSPS) is 13.9. The lowest BCUT2D eigenvalue weighted by Gasteiger charge is -2.29. The molecule has 2 aromatic heterocycles. The van der Waals surface area contributed by atoms with Crippen molar-refractivity contribution in [2.75, 3.05) is 0 Å². The van der Waals surface area contributed by atoms with E-state index in [1.54, 1.807) is 12.1 Å². The highest BCUT2D eigenvalue weighted by Gasteiger charge is 2.31. The molecule has 0 saturated carbocycles. The quantitative estimate of drug-likeness (QED) is 0.293. The van der Waals surface area contributed by atoms with Crippen molar-refractivity contribution < 1.29 is 17.5 Å². The molecule has 1 unspecified atom stereocenters. The molecule has 172 valence electrons. The van der Waals surface area contributed by atoms with Crippen molar-refractivity contribution in [2.45, 2.75) is 37.4 Å². The van der Waals surface area contributed by atoms with Crippen molar-refractivity contribution >= 4 is 37.9 Å². The van der Waals surface area contributed by atoms with Crippen LogP contribution in [0.4, 0.5) is 8.78 Å². The third-order valence-corrected chi connectivity index (χ3v) is 7.39. The first kappa shape index (κ1) is 23.7. The highest BCUT2D eigenvalue weighted by Crippen LogP contribution is 2.39. The second-order valence-corrected chi connectivity index (χ2v) is 11.0. The lowest BCUT2D eigenvalue weighted by Crippen LogP contribution is -2.34. The van der Waals surface area contributed by atoms with E-state index in [1.165, 1.54) is 18.2 Å². The monoisotopic (exact) mass is 533 g/mol. The Morgan fingerprint density at radius 3 is 2.67 bits per heavy atom. The average Bonchev–Trinajstić information content (AvgIpc) is 3.18. The average molecular weight is 534 g/mol. The molecule has 4 rings (SSSR count). The lowest BCUT2D eigenvalue weighted by molar-refractivity contribution is 0.457. The largest absolute Gasteiger partial charge is 0.356 e. The molecule has 0 saturated heterocycles. The smallest absolute Gasteiger partial charge is 0.170 e. The van der Waals surface area contributed by atoms with E-state index in [0.717, 1.165) is 11.1 Å². The van der Waals surface area contributed by atoms with Crippen LogP contribution in [-0.2, 0) is 17.4 Å². The van der Waals surface area contributed by atoms with Crippen molar-refractivity contribution in [2.24, 2.45) is 5.14 Å². The Bertz CT molecular complexity index is 1340. The number of hydrogen-bond acceptors (Lipinski definition) is 4. The minimum Gasteiger partial charge on any atom is -0.356 e. The zero-order chi connectivity index (χ0) is 23.8. The van der Waals surface area contributed by atoms with Gasteiger partial charge in [0, 0.05) is 17.0 Å². The van der Waals surface area contributed by atoms with Gasteiger partial charge in [-0.25, -0.2) is 18.0 Å². The van der Waals surface area contributed by atoms with E-state index in [4.69, 9.17) is 9.66 Å². The van der Waals surface area contributed by atoms with Crippen LogP contribution in [0.5, 0.6) is 0 Å². The Balaban J connectivity index is 1.85. The van der Waals surface area contributed by atoms with Gasteiger partial charge in [0.1, 0.15) is 21.9 Å². The van der Waals surface area contributed by atoms with Crippen LogP contribution in [0.3, 0.4) is 0 Å². The van der Waals surface area contributed by atoms with Crippen molar-refractivity contribution in [3.63, 3.8) is 0 Å². The molecule has 0 bridgehead atoms. The number of benzene rings is 2. The van der Waals surface area contributed by atoms with Crippen LogP contribution in [0.25, 0.3) is 22.2 Å². The molecular weight excluding hydrogens is 512 g/mol. The summed E-state index contributed by atoms with van der Waals surface area (Å²) in [5.74, 6) is -1.12. The summed E-state index contributed by atoms with van der Waals surface area (Å²) in [6.45, 7) is 3.63. The van der Waals surface area contributed by atoms with Crippen LogP contribution in [0.2, 0.25) is 0 Å². The fourth-order valence-corrected chi connectivity index (χ4v) is 4.69. The van der Waals surface area contributed by atoms with Gasteiger partial charge in [0.2, 0.25) is 0 Å². The molecule has 0 amide bonds. The molecule has 0 fully saturated rings. The van der Waals surface area contributed by atoms with Crippen molar-refractivity contribution in [3.05, 3.63) is 82.1 Å². The summed E-state index contributed by atoms with van der Waals surface area (Å²) >= 11 is 3.31. The van der Waals surface area contributed by atoms with Gasteiger partial charge in [-0.15, -0.1) is 0 Å². The standard InChI is InChI=1S/C24H22BrF2N3O2S/c1-24(2,33(28)31)13-14(11-20-19(27)9-10-22(25)29-20)16-5-3-4-6-17(16)23-18-8-7-15(26)12-21(18)32-30-23/h3-10,12,14H,11,13,28H2,1-2H3/t14-,33?/m0/s1. The summed E-state index contributed by atoms with van der Waals surface area (Å²) in [6, 6.07) is 14.7. The van der Waals surface area contributed by atoms with Crippen LogP contribution in [0, 0.1) is 11.6 Å². The minimum atomic E-state index is -1.61. The predicted octanol–water partition coefficient (Wildman–Crippen LogP) is 6.05. The molecule has 2 atom stereocenters. The molecule has 0 aliphatic heterocycles. The first-order chi connectivity index (χ1) is 15.7. The van der Waals surface area contributed by atoms with E-state index in [0.29, 0.717) is 27.7 Å². The van der Waals surface area contributed by atoms with Gasteiger partial charge in [0.05, 0.1) is 21.4 Å². The summed E-state index contributed by atoms with van der Waals surface area (Å²) < 4.78 is 45.7. The Labute approximate surface area is 201 Å². The van der Waals surface area contributed by atoms with Gasteiger partial charge in [0.25, 0.3) is 0 Å². The highest BCUT2D eigenvalue weighted by atomic mass is 79.9. The van der Waals surface area contributed by atoms with E-state index >= 15 is 0 Å². The third kappa shape index (κ3) is 5.05. The van der Waals surface area contributed by atoms with Gasteiger partial charge in [0.15, 0.2) is 5.58 Å². The van der Waals surface area contributed by atoms with E-state index < -0.39 is 27.4 Å². The molecule has 2 heterocycles. The molecule has 4 aromatic rings. The molecular formula is C24H22BrF2N3O2S. The van der Waals surface area contributed by atoms with Crippen LogP contribution in [0.15, 0.2) is 63.7 Å². The molecule has 0 aliphatic rings. The van der Waals surface area contributed by atoms with Gasteiger partial charge < -0.3 is 4.52 Å².